The minimum atomic E-state index is -3.09. The van der Waals surface area contributed by atoms with Gasteiger partial charge >= 0.3 is 0 Å². The van der Waals surface area contributed by atoms with Crippen molar-refractivity contribution in [3.05, 3.63) is 113 Å². The Balaban J connectivity index is 1.35. The van der Waals surface area contributed by atoms with Crippen molar-refractivity contribution in [2.45, 2.75) is 0 Å². The van der Waals surface area contributed by atoms with Crippen LogP contribution in [0.4, 0.5) is 20.2 Å². The van der Waals surface area contributed by atoms with Gasteiger partial charge in [0, 0.05) is 42.8 Å². The lowest BCUT2D eigenvalue weighted by Gasteiger charge is -2.28. The number of rotatable bonds is 7. The molecule has 0 radical (unpaired) electrons. The first-order valence-electron chi connectivity index (χ1n) is 12.7. The zero-order valence-corrected chi connectivity index (χ0v) is 22.9. The fourth-order valence-electron chi connectivity index (χ4n) is 4.34. The molecule has 0 spiro atoms. The van der Waals surface area contributed by atoms with Gasteiger partial charge in [-0.25, -0.2) is 17.2 Å². The molecule has 0 aliphatic carbocycles. The molecule has 3 N–H and O–H groups in total. The van der Waals surface area contributed by atoms with Gasteiger partial charge in [0.15, 0.2) is 27.2 Å². The molecule has 4 aromatic rings. The second-order valence-corrected chi connectivity index (χ2v) is 11.7. The number of pyridine rings is 2. The van der Waals surface area contributed by atoms with Gasteiger partial charge < -0.3 is 20.7 Å². The van der Waals surface area contributed by atoms with Crippen LogP contribution in [-0.2, 0) is 9.84 Å². The summed E-state index contributed by atoms with van der Waals surface area (Å²) in [5.74, 6) is -1.99. The molecule has 1 amide bonds. The molecule has 1 aliphatic heterocycles. The molecule has 2 aromatic carbocycles. The molecule has 0 saturated carbocycles. The van der Waals surface area contributed by atoms with Crippen molar-refractivity contribution >= 4 is 33.2 Å². The highest BCUT2D eigenvalue weighted by Gasteiger charge is 2.23. The molecule has 1 aliphatic rings. The molecule has 13 heteroatoms. The molecule has 2 aromatic heterocycles. The quantitative estimate of drug-likeness (QED) is 0.331. The molecule has 0 unspecified atom stereocenters. The number of halogens is 2. The number of carbonyl (C=O) groups excluding carboxylic acids is 1. The van der Waals surface area contributed by atoms with Crippen LogP contribution in [0, 0.1) is 11.6 Å². The summed E-state index contributed by atoms with van der Waals surface area (Å²) in [5.41, 5.74) is 6.07. The molecule has 3 heterocycles. The number of aromatic nitrogens is 2. The van der Waals surface area contributed by atoms with Crippen LogP contribution in [-0.4, -0.2) is 48.5 Å². The predicted molar refractivity (Wildman–Crippen MR) is 155 cm³/mol. The third-order valence-corrected chi connectivity index (χ3v) is 8.15. The van der Waals surface area contributed by atoms with E-state index in [1.54, 1.807) is 12.3 Å². The van der Waals surface area contributed by atoms with Gasteiger partial charge in [-0.1, -0.05) is 0 Å². The number of amides is 1. The van der Waals surface area contributed by atoms with Crippen molar-refractivity contribution in [3.8, 4) is 17.2 Å². The first-order chi connectivity index (χ1) is 20.1. The maximum Gasteiger partial charge on any atom is 0.267 e. The van der Waals surface area contributed by atoms with Crippen molar-refractivity contribution in [1.82, 2.24) is 9.55 Å². The lowest BCUT2D eigenvalue weighted by Crippen LogP contribution is -2.40. The Hall–Kier alpha value is -5.04. The van der Waals surface area contributed by atoms with Gasteiger partial charge in [0.2, 0.25) is 0 Å². The Bertz CT molecular complexity index is 1830. The Morgan fingerprint density at radius 2 is 1.74 bits per heavy atom. The zero-order chi connectivity index (χ0) is 29.9. The smallest absolute Gasteiger partial charge is 0.267 e. The molecule has 10 nitrogen and oxygen atoms in total. The van der Waals surface area contributed by atoms with Gasteiger partial charge in [0.05, 0.1) is 23.4 Å². The Morgan fingerprint density at radius 1 is 1.00 bits per heavy atom. The summed E-state index contributed by atoms with van der Waals surface area (Å²) in [6.07, 6.45) is 5.74. The second-order valence-electron chi connectivity index (χ2n) is 9.35. The van der Waals surface area contributed by atoms with Crippen LogP contribution >= 0.6 is 0 Å². The maximum atomic E-state index is 15.1. The number of ether oxygens (including phenoxy) is 1. The number of nitrogens with one attached hydrogen (secondary N) is 1. The van der Waals surface area contributed by atoms with Crippen LogP contribution in [0.25, 0.3) is 11.8 Å². The Labute approximate surface area is 239 Å². The number of benzene rings is 2. The largest absolute Gasteiger partial charge is 0.452 e. The van der Waals surface area contributed by atoms with E-state index in [1.165, 1.54) is 71.6 Å². The van der Waals surface area contributed by atoms with Crippen molar-refractivity contribution in [3.63, 3.8) is 0 Å². The topological polar surface area (TPSA) is 137 Å². The van der Waals surface area contributed by atoms with Crippen LogP contribution < -0.4 is 26.2 Å². The molecule has 5 rings (SSSR count). The summed E-state index contributed by atoms with van der Waals surface area (Å²) in [5, 5.41) is 2.51. The third kappa shape index (κ3) is 6.31. The fourth-order valence-corrected chi connectivity index (χ4v) is 5.54. The highest BCUT2D eigenvalue weighted by molar-refractivity contribution is 7.91. The van der Waals surface area contributed by atoms with Gasteiger partial charge in [-0.05, 0) is 60.8 Å². The van der Waals surface area contributed by atoms with Crippen LogP contribution in [0.15, 0.2) is 84.1 Å². The van der Waals surface area contributed by atoms with Gasteiger partial charge in [0.25, 0.3) is 11.5 Å². The van der Waals surface area contributed by atoms with E-state index in [2.05, 4.69) is 10.3 Å². The predicted octanol–water partition coefficient (Wildman–Crippen LogP) is 3.72. The average molecular weight is 594 g/mol. The molecule has 0 bridgehead atoms. The highest BCUT2D eigenvalue weighted by Crippen LogP contribution is 2.32. The summed E-state index contributed by atoms with van der Waals surface area (Å²) >= 11 is 0. The van der Waals surface area contributed by atoms with E-state index < -0.39 is 32.9 Å². The number of hydrogen-bond donors (Lipinski definition) is 2. The lowest BCUT2D eigenvalue weighted by molar-refractivity contribution is 0.102. The van der Waals surface area contributed by atoms with E-state index in [1.807, 2.05) is 4.90 Å². The second kappa shape index (κ2) is 11.8. The molecule has 216 valence electrons. The number of anilines is 2. The molecular formula is C29H25F2N5O5S. The highest BCUT2D eigenvalue weighted by atomic mass is 32.2. The zero-order valence-electron chi connectivity index (χ0n) is 22.0. The first kappa shape index (κ1) is 28.5. The monoisotopic (exact) mass is 593 g/mol. The summed E-state index contributed by atoms with van der Waals surface area (Å²) in [6.45, 7) is 0.573. The fraction of sp³-hybridized carbons (Fsp3) is 0.138. The maximum absolute atomic E-state index is 15.1. The average Bonchev–Trinajstić information content (AvgIpc) is 2.96. The van der Waals surface area contributed by atoms with Gasteiger partial charge in [-0.15, -0.1) is 0 Å². The van der Waals surface area contributed by atoms with Crippen LogP contribution in [0.3, 0.4) is 0 Å². The standard InChI is InChI=1S/C29H25F2N5O5S/c30-19-3-6-21(7-4-19)36-11-1-2-23(29(36)38)28(37)34-20-5-8-26(24(31)16-20)41-27-17-22(18-33-25(27)9-10-32)35-12-14-42(39,40)15-13-35/h1-11,16-18H,12-15,32H2,(H,34,37). The number of carbonyl (C=O) groups is 1. The van der Waals surface area contributed by atoms with Crippen LogP contribution in [0.1, 0.15) is 16.1 Å². The van der Waals surface area contributed by atoms with E-state index >= 15 is 4.39 Å². The van der Waals surface area contributed by atoms with Gasteiger partial charge in [-0.3, -0.25) is 19.1 Å². The van der Waals surface area contributed by atoms with E-state index in [9.17, 15) is 22.4 Å². The first-order valence-corrected chi connectivity index (χ1v) is 14.6. The molecule has 1 saturated heterocycles. The Kier molecular flexibility index (Phi) is 8.02. The van der Waals surface area contributed by atoms with Crippen LogP contribution in [0.5, 0.6) is 11.5 Å². The number of nitrogens with two attached hydrogens (primary N) is 1. The lowest BCUT2D eigenvalue weighted by atomic mass is 10.2. The number of nitrogens with zero attached hydrogens (tertiary/aromatic N) is 3. The normalized spacial score (nSPS) is 14.6. The minimum Gasteiger partial charge on any atom is -0.452 e. The Morgan fingerprint density at radius 3 is 2.43 bits per heavy atom. The van der Waals surface area contributed by atoms with Crippen molar-refractivity contribution in [2.75, 3.05) is 34.8 Å². The summed E-state index contributed by atoms with van der Waals surface area (Å²) in [6, 6.07) is 13.4. The van der Waals surface area contributed by atoms with E-state index in [0.29, 0.717) is 17.1 Å². The minimum absolute atomic E-state index is 0.0124. The van der Waals surface area contributed by atoms with E-state index in [-0.39, 0.29) is 47.3 Å². The van der Waals surface area contributed by atoms with E-state index in [0.717, 1.165) is 6.07 Å². The van der Waals surface area contributed by atoms with Crippen molar-refractivity contribution in [1.29, 1.82) is 0 Å². The van der Waals surface area contributed by atoms with E-state index in [4.69, 9.17) is 10.5 Å². The van der Waals surface area contributed by atoms with Gasteiger partial charge in [-0.2, -0.15) is 0 Å². The SMILES string of the molecule is NC=Cc1ncc(N2CCS(=O)(=O)CC2)cc1Oc1ccc(NC(=O)c2cccn(-c3ccc(F)cc3)c2=O)cc1F. The summed E-state index contributed by atoms with van der Waals surface area (Å²) in [7, 11) is -3.09. The summed E-state index contributed by atoms with van der Waals surface area (Å²) in [4.78, 5) is 32.0. The molecular weight excluding hydrogens is 568 g/mol. The van der Waals surface area contributed by atoms with Crippen molar-refractivity contribution in [2.24, 2.45) is 5.73 Å². The van der Waals surface area contributed by atoms with Gasteiger partial charge in [0.1, 0.15) is 17.1 Å². The molecule has 0 atom stereocenters. The van der Waals surface area contributed by atoms with Crippen molar-refractivity contribution < 1.29 is 26.7 Å². The molecule has 42 heavy (non-hydrogen) atoms. The third-order valence-electron chi connectivity index (χ3n) is 6.54. The van der Waals surface area contributed by atoms with Crippen LogP contribution in [0.2, 0.25) is 0 Å². The number of sulfone groups is 1. The molecule has 1 fully saturated rings. The summed E-state index contributed by atoms with van der Waals surface area (Å²) < 4.78 is 59.0. The number of hydrogen-bond acceptors (Lipinski definition) is 8.